The number of benzene rings is 2. The van der Waals surface area contributed by atoms with Crippen molar-refractivity contribution in [2.75, 3.05) is 37.4 Å². The van der Waals surface area contributed by atoms with Crippen molar-refractivity contribution in [2.24, 2.45) is 0 Å². The summed E-state index contributed by atoms with van der Waals surface area (Å²) in [7, 11) is -0.777. The summed E-state index contributed by atoms with van der Waals surface area (Å²) in [6, 6.07) is 9.90. The molecule has 0 spiro atoms. The molecule has 1 amide bonds. The van der Waals surface area contributed by atoms with Gasteiger partial charge in [-0.3, -0.25) is 4.79 Å². The van der Waals surface area contributed by atoms with Gasteiger partial charge in [-0.15, -0.1) is 0 Å². The maximum Gasteiger partial charge on any atom is 0.257 e. The van der Waals surface area contributed by atoms with E-state index in [1.54, 1.807) is 0 Å². The first kappa shape index (κ1) is 20.6. The Labute approximate surface area is 171 Å². The van der Waals surface area contributed by atoms with Gasteiger partial charge in [-0.1, -0.05) is 11.6 Å². The van der Waals surface area contributed by atoms with Crippen molar-refractivity contribution in [1.82, 2.24) is 4.31 Å². The van der Waals surface area contributed by atoms with E-state index in [4.69, 9.17) is 11.6 Å². The van der Waals surface area contributed by atoms with Crippen LogP contribution in [0.4, 0.5) is 11.4 Å². The Hall–Kier alpha value is -2.09. The molecule has 8 heteroatoms. The number of hydrogen-bond acceptors (Lipinski definition) is 4. The summed E-state index contributed by atoms with van der Waals surface area (Å²) < 4.78 is 25.8. The van der Waals surface area contributed by atoms with Crippen LogP contribution in [0.3, 0.4) is 0 Å². The van der Waals surface area contributed by atoms with Crippen molar-refractivity contribution >= 4 is 38.9 Å². The predicted molar refractivity (Wildman–Crippen MR) is 113 cm³/mol. The molecule has 0 unspecified atom stereocenters. The fraction of sp³-hybridized carbons (Fsp3) is 0.350. The molecule has 0 bridgehead atoms. The molecule has 0 atom stereocenters. The van der Waals surface area contributed by atoms with E-state index in [9.17, 15) is 13.2 Å². The highest BCUT2D eigenvalue weighted by Crippen LogP contribution is 2.28. The van der Waals surface area contributed by atoms with Gasteiger partial charge >= 0.3 is 0 Å². The summed E-state index contributed by atoms with van der Waals surface area (Å²) in [4.78, 5) is 15.1. The Balaban J connectivity index is 1.84. The van der Waals surface area contributed by atoms with Gasteiger partial charge < -0.3 is 10.2 Å². The van der Waals surface area contributed by atoms with Gasteiger partial charge in [-0.2, -0.15) is 0 Å². The van der Waals surface area contributed by atoms with Gasteiger partial charge in [0.15, 0.2) is 0 Å². The van der Waals surface area contributed by atoms with Crippen molar-refractivity contribution in [2.45, 2.75) is 24.7 Å². The lowest BCUT2D eigenvalue weighted by atomic mass is 10.1. The second kappa shape index (κ2) is 8.11. The number of sulfonamides is 1. The Morgan fingerprint density at radius 3 is 2.39 bits per heavy atom. The number of carbonyl (C=O) groups is 1. The number of anilines is 2. The molecule has 6 nitrogen and oxygen atoms in total. The summed E-state index contributed by atoms with van der Waals surface area (Å²) in [5, 5.41) is 3.01. The fourth-order valence-corrected chi connectivity index (χ4v) is 4.43. The fourth-order valence-electron chi connectivity index (χ4n) is 3.29. The predicted octanol–water partition coefficient (Wildman–Crippen LogP) is 3.75. The van der Waals surface area contributed by atoms with Crippen molar-refractivity contribution in [1.29, 1.82) is 0 Å². The number of nitrogens with one attached hydrogen (secondary N) is 1. The van der Waals surface area contributed by atoms with Crippen molar-refractivity contribution in [3.8, 4) is 0 Å². The first-order chi connectivity index (χ1) is 13.2. The Morgan fingerprint density at radius 1 is 1.11 bits per heavy atom. The largest absolute Gasteiger partial charge is 0.371 e. The van der Waals surface area contributed by atoms with Gasteiger partial charge in [0.1, 0.15) is 0 Å². The minimum absolute atomic E-state index is 0.0209. The number of aryl methyl sites for hydroxylation is 1. The van der Waals surface area contributed by atoms with E-state index in [0.29, 0.717) is 5.69 Å². The molecule has 3 rings (SSSR count). The molecule has 150 valence electrons. The highest BCUT2D eigenvalue weighted by molar-refractivity contribution is 7.89. The number of amides is 1. The van der Waals surface area contributed by atoms with Crippen LogP contribution in [0.5, 0.6) is 0 Å². The number of carbonyl (C=O) groups excluding carboxylic acids is 1. The molecule has 1 heterocycles. The molecule has 0 aromatic heterocycles. The van der Waals surface area contributed by atoms with E-state index in [1.165, 1.54) is 50.8 Å². The van der Waals surface area contributed by atoms with Gasteiger partial charge in [0.05, 0.1) is 15.5 Å². The first-order valence-corrected chi connectivity index (χ1v) is 10.9. The summed E-state index contributed by atoms with van der Waals surface area (Å²) in [6.45, 7) is 4.12. The molecular formula is C20H24ClN3O3S. The van der Waals surface area contributed by atoms with Crippen molar-refractivity contribution in [3.05, 3.63) is 52.5 Å². The van der Waals surface area contributed by atoms with Gasteiger partial charge in [0, 0.05) is 38.6 Å². The third kappa shape index (κ3) is 4.16. The monoisotopic (exact) mass is 421 g/mol. The molecule has 2 aromatic rings. The Morgan fingerprint density at radius 2 is 1.79 bits per heavy atom. The van der Waals surface area contributed by atoms with Crippen LogP contribution in [0.15, 0.2) is 41.3 Å². The van der Waals surface area contributed by atoms with Crippen molar-refractivity contribution in [3.63, 3.8) is 0 Å². The van der Waals surface area contributed by atoms with Crippen LogP contribution < -0.4 is 10.2 Å². The standard InChI is InChI=1S/C20H24ClN3O3S/c1-14-12-15(6-9-19(14)24-10-4-5-11-24)22-20(25)17-13-16(7-8-18(17)21)28(26,27)23(2)3/h6-9,12-13H,4-5,10-11H2,1-3H3,(H,22,25). The molecule has 28 heavy (non-hydrogen) atoms. The van der Waals surface area contributed by atoms with E-state index < -0.39 is 15.9 Å². The molecule has 0 aliphatic carbocycles. The summed E-state index contributed by atoms with van der Waals surface area (Å²) in [6.07, 6.45) is 2.39. The van der Waals surface area contributed by atoms with Gasteiger partial charge in [0.25, 0.3) is 5.91 Å². The lowest BCUT2D eigenvalue weighted by Crippen LogP contribution is -2.23. The number of halogens is 1. The van der Waals surface area contributed by atoms with Crippen LogP contribution >= 0.6 is 11.6 Å². The van der Waals surface area contributed by atoms with Crippen molar-refractivity contribution < 1.29 is 13.2 Å². The SMILES string of the molecule is Cc1cc(NC(=O)c2cc(S(=O)(=O)N(C)C)ccc2Cl)ccc1N1CCCC1. The Bertz CT molecular complexity index is 1000. The second-order valence-electron chi connectivity index (χ2n) is 7.08. The van der Waals surface area contributed by atoms with Crippen LogP contribution in [-0.2, 0) is 10.0 Å². The molecule has 2 aromatic carbocycles. The highest BCUT2D eigenvalue weighted by atomic mass is 35.5. The molecular weight excluding hydrogens is 398 g/mol. The van der Waals surface area contributed by atoms with E-state index >= 15 is 0 Å². The minimum Gasteiger partial charge on any atom is -0.371 e. The number of hydrogen-bond donors (Lipinski definition) is 1. The van der Waals surface area contributed by atoms with Crippen LogP contribution in [0.25, 0.3) is 0 Å². The zero-order valence-electron chi connectivity index (χ0n) is 16.2. The second-order valence-corrected chi connectivity index (χ2v) is 9.64. The molecule has 1 aliphatic rings. The molecule has 0 radical (unpaired) electrons. The third-order valence-corrected chi connectivity index (χ3v) is 7.00. The molecule has 1 N–H and O–H groups in total. The third-order valence-electron chi connectivity index (χ3n) is 4.86. The average molecular weight is 422 g/mol. The maximum absolute atomic E-state index is 12.7. The summed E-state index contributed by atoms with van der Waals surface area (Å²) in [5.41, 5.74) is 3.01. The number of nitrogens with zero attached hydrogens (tertiary/aromatic N) is 2. The molecule has 1 fully saturated rings. The zero-order chi connectivity index (χ0) is 20.5. The van der Waals surface area contributed by atoms with Gasteiger partial charge in [0.2, 0.25) is 10.0 Å². The smallest absolute Gasteiger partial charge is 0.257 e. The topological polar surface area (TPSA) is 69.7 Å². The van der Waals surface area contributed by atoms with Gasteiger partial charge in [-0.25, -0.2) is 12.7 Å². The molecule has 0 saturated carbocycles. The molecule has 1 aliphatic heterocycles. The number of rotatable bonds is 5. The van der Waals surface area contributed by atoms with E-state index in [2.05, 4.69) is 10.2 Å². The average Bonchev–Trinajstić information content (AvgIpc) is 3.16. The zero-order valence-corrected chi connectivity index (χ0v) is 17.8. The van der Waals surface area contributed by atoms with Crippen LogP contribution in [0, 0.1) is 6.92 Å². The first-order valence-electron chi connectivity index (χ1n) is 9.09. The quantitative estimate of drug-likeness (QED) is 0.798. The normalized spacial score (nSPS) is 14.5. The maximum atomic E-state index is 12.7. The lowest BCUT2D eigenvalue weighted by molar-refractivity contribution is 0.102. The van der Waals surface area contributed by atoms with Crippen LogP contribution in [0.2, 0.25) is 5.02 Å². The van der Waals surface area contributed by atoms with Crippen LogP contribution in [0.1, 0.15) is 28.8 Å². The van der Waals surface area contributed by atoms with E-state index in [1.807, 2.05) is 25.1 Å². The van der Waals surface area contributed by atoms with E-state index in [-0.39, 0.29) is 15.5 Å². The minimum atomic E-state index is -3.66. The summed E-state index contributed by atoms with van der Waals surface area (Å²) in [5.74, 6) is -0.450. The van der Waals surface area contributed by atoms with Gasteiger partial charge in [-0.05, 0) is 61.7 Å². The Kier molecular flexibility index (Phi) is 5.98. The van der Waals surface area contributed by atoms with E-state index in [0.717, 1.165) is 23.0 Å². The van der Waals surface area contributed by atoms with Crippen LogP contribution in [-0.4, -0.2) is 45.8 Å². The lowest BCUT2D eigenvalue weighted by Gasteiger charge is -2.21. The highest BCUT2D eigenvalue weighted by Gasteiger charge is 2.21. The summed E-state index contributed by atoms with van der Waals surface area (Å²) >= 11 is 6.15. The molecule has 1 saturated heterocycles.